The standard InChI is InChI=1S/C13H25NO4/c1-9(2)13(8-11(15)16)7-10(5-6-14)17-12(3,4)18-13/h9-10H,5-8,14H2,1-4H3,(H,15,16). The van der Waals surface area contributed by atoms with Gasteiger partial charge >= 0.3 is 5.97 Å². The molecule has 0 bridgehead atoms. The van der Waals surface area contributed by atoms with E-state index in [0.29, 0.717) is 13.0 Å². The van der Waals surface area contributed by atoms with Gasteiger partial charge in [-0.3, -0.25) is 4.79 Å². The highest BCUT2D eigenvalue weighted by Gasteiger charge is 2.48. The zero-order valence-electron chi connectivity index (χ0n) is 11.7. The summed E-state index contributed by atoms with van der Waals surface area (Å²) in [6.45, 7) is 8.17. The molecule has 0 spiro atoms. The van der Waals surface area contributed by atoms with Crippen LogP contribution >= 0.6 is 0 Å². The highest BCUT2D eigenvalue weighted by atomic mass is 16.7. The van der Waals surface area contributed by atoms with Crippen molar-refractivity contribution in [3.8, 4) is 0 Å². The van der Waals surface area contributed by atoms with Crippen LogP contribution in [0.15, 0.2) is 0 Å². The van der Waals surface area contributed by atoms with Crippen LogP contribution in [0.1, 0.15) is 47.0 Å². The highest BCUT2D eigenvalue weighted by molar-refractivity contribution is 5.68. The Labute approximate surface area is 109 Å². The minimum atomic E-state index is -0.840. The van der Waals surface area contributed by atoms with Gasteiger partial charge in [0.1, 0.15) is 0 Å². The van der Waals surface area contributed by atoms with Crippen LogP contribution in [0.25, 0.3) is 0 Å². The summed E-state index contributed by atoms with van der Waals surface area (Å²) in [6, 6.07) is 0. The second-order valence-corrected chi connectivity index (χ2v) is 5.81. The van der Waals surface area contributed by atoms with E-state index >= 15 is 0 Å². The number of rotatable bonds is 5. The molecule has 1 aliphatic heterocycles. The molecule has 106 valence electrons. The van der Waals surface area contributed by atoms with Gasteiger partial charge in [-0.2, -0.15) is 0 Å². The van der Waals surface area contributed by atoms with E-state index in [1.54, 1.807) is 0 Å². The average molecular weight is 259 g/mol. The van der Waals surface area contributed by atoms with E-state index in [-0.39, 0.29) is 18.4 Å². The second kappa shape index (κ2) is 5.55. The summed E-state index contributed by atoms with van der Waals surface area (Å²) in [5.41, 5.74) is 4.90. The molecular formula is C13H25NO4. The monoisotopic (exact) mass is 259 g/mol. The number of hydrogen-bond acceptors (Lipinski definition) is 4. The predicted octanol–water partition coefficient (Wildman–Crippen LogP) is 1.75. The first-order chi connectivity index (χ1) is 8.21. The largest absolute Gasteiger partial charge is 0.481 e. The maximum absolute atomic E-state index is 11.1. The van der Waals surface area contributed by atoms with Gasteiger partial charge in [-0.25, -0.2) is 0 Å². The number of hydrogen-bond donors (Lipinski definition) is 2. The van der Waals surface area contributed by atoms with Crippen LogP contribution in [0, 0.1) is 5.92 Å². The van der Waals surface area contributed by atoms with Crippen LogP contribution in [0.3, 0.4) is 0 Å². The Kier molecular flexibility index (Phi) is 4.75. The molecule has 0 aromatic carbocycles. The fourth-order valence-electron chi connectivity index (χ4n) is 2.65. The lowest BCUT2D eigenvalue weighted by Gasteiger charge is -2.50. The lowest BCUT2D eigenvalue weighted by Crippen LogP contribution is -2.56. The molecule has 2 atom stereocenters. The van der Waals surface area contributed by atoms with Crippen molar-refractivity contribution in [3.05, 3.63) is 0 Å². The normalized spacial score (nSPS) is 31.6. The Morgan fingerprint density at radius 1 is 1.50 bits per heavy atom. The Morgan fingerprint density at radius 3 is 2.56 bits per heavy atom. The van der Waals surface area contributed by atoms with Crippen molar-refractivity contribution in [1.29, 1.82) is 0 Å². The van der Waals surface area contributed by atoms with Crippen LogP contribution in [-0.4, -0.2) is 35.1 Å². The zero-order valence-corrected chi connectivity index (χ0v) is 11.7. The van der Waals surface area contributed by atoms with E-state index < -0.39 is 17.4 Å². The smallest absolute Gasteiger partial charge is 0.306 e. The Bertz CT molecular complexity index is 303. The van der Waals surface area contributed by atoms with Crippen molar-refractivity contribution >= 4 is 5.97 Å². The van der Waals surface area contributed by atoms with Gasteiger partial charge in [-0.05, 0) is 32.7 Å². The highest BCUT2D eigenvalue weighted by Crippen LogP contribution is 2.42. The first kappa shape index (κ1) is 15.4. The van der Waals surface area contributed by atoms with E-state index in [4.69, 9.17) is 20.3 Å². The third kappa shape index (κ3) is 3.67. The minimum Gasteiger partial charge on any atom is -0.481 e. The van der Waals surface area contributed by atoms with Crippen LogP contribution in [0.2, 0.25) is 0 Å². The van der Waals surface area contributed by atoms with E-state index in [2.05, 4.69) is 0 Å². The summed E-state index contributed by atoms with van der Waals surface area (Å²) in [7, 11) is 0. The number of aliphatic carboxylic acids is 1. The molecule has 0 amide bonds. The van der Waals surface area contributed by atoms with Gasteiger partial charge in [-0.1, -0.05) is 13.8 Å². The predicted molar refractivity (Wildman–Crippen MR) is 68.1 cm³/mol. The zero-order chi connectivity index (χ0) is 14.0. The first-order valence-electron chi connectivity index (χ1n) is 6.50. The summed E-state index contributed by atoms with van der Waals surface area (Å²) in [5.74, 6) is -1.50. The number of carbonyl (C=O) groups is 1. The summed E-state index contributed by atoms with van der Waals surface area (Å²) >= 11 is 0. The van der Waals surface area contributed by atoms with E-state index in [1.807, 2.05) is 27.7 Å². The maximum atomic E-state index is 11.1. The van der Waals surface area contributed by atoms with Crippen molar-refractivity contribution in [2.45, 2.75) is 64.4 Å². The van der Waals surface area contributed by atoms with Crippen LogP contribution in [0.5, 0.6) is 0 Å². The molecule has 0 aromatic rings. The number of nitrogens with two attached hydrogens (primary N) is 1. The first-order valence-corrected chi connectivity index (χ1v) is 6.50. The van der Waals surface area contributed by atoms with Crippen molar-refractivity contribution in [1.82, 2.24) is 0 Å². The lowest BCUT2D eigenvalue weighted by molar-refractivity contribution is -0.343. The van der Waals surface area contributed by atoms with Crippen molar-refractivity contribution < 1.29 is 19.4 Å². The third-order valence-corrected chi connectivity index (χ3v) is 3.46. The second-order valence-electron chi connectivity index (χ2n) is 5.81. The lowest BCUT2D eigenvalue weighted by atomic mass is 9.80. The molecule has 0 aromatic heterocycles. The molecule has 1 saturated heterocycles. The molecule has 5 nitrogen and oxygen atoms in total. The fourth-order valence-corrected chi connectivity index (χ4v) is 2.65. The van der Waals surface area contributed by atoms with Gasteiger partial charge in [0.15, 0.2) is 5.79 Å². The Balaban J connectivity index is 2.96. The van der Waals surface area contributed by atoms with Crippen LogP contribution in [-0.2, 0) is 14.3 Å². The molecule has 2 unspecified atom stereocenters. The van der Waals surface area contributed by atoms with Gasteiger partial charge < -0.3 is 20.3 Å². The van der Waals surface area contributed by atoms with Crippen molar-refractivity contribution in [2.75, 3.05) is 6.54 Å². The maximum Gasteiger partial charge on any atom is 0.306 e. The quantitative estimate of drug-likeness (QED) is 0.786. The molecule has 0 aliphatic carbocycles. The SMILES string of the molecule is CC(C)C1(CC(=O)O)CC(CCN)OC(C)(C)O1. The molecule has 18 heavy (non-hydrogen) atoms. The Hall–Kier alpha value is -0.650. The van der Waals surface area contributed by atoms with Crippen molar-refractivity contribution in [3.63, 3.8) is 0 Å². The van der Waals surface area contributed by atoms with Crippen LogP contribution in [0.4, 0.5) is 0 Å². The number of carboxylic acid groups (broad SMARTS) is 1. The molecule has 1 aliphatic rings. The van der Waals surface area contributed by atoms with E-state index in [1.165, 1.54) is 0 Å². The fraction of sp³-hybridized carbons (Fsp3) is 0.923. The number of ether oxygens (including phenoxy) is 2. The van der Waals surface area contributed by atoms with E-state index in [9.17, 15) is 4.79 Å². The minimum absolute atomic E-state index is 0.00146. The van der Waals surface area contributed by atoms with Crippen molar-refractivity contribution in [2.24, 2.45) is 11.7 Å². The molecule has 5 heteroatoms. The molecule has 0 radical (unpaired) electrons. The third-order valence-electron chi connectivity index (χ3n) is 3.46. The van der Waals surface area contributed by atoms with Crippen LogP contribution < -0.4 is 5.73 Å². The summed E-state index contributed by atoms with van der Waals surface area (Å²) in [6.07, 6.45) is 1.26. The molecule has 1 rings (SSSR count). The molecule has 1 heterocycles. The Morgan fingerprint density at radius 2 is 2.11 bits per heavy atom. The molecule has 0 saturated carbocycles. The molecule has 1 fully saturated rings. The van der Waals surface area contributed by atoms with Gasteiger partial charge in [0.05, 0.1) is 18.1 Å². The van der Waals surface area contributed by atoms with Gasteiger partial charge in [-0.15, -0.1) is 0 Å². The average Bonchev–Trinajstić information content (AvgIpc) is 2.13. The van der Waals surface area contributed by atoms with Gasteiger partial charge in [0.25, 0.3) is 0 Å². The summed E-state index contributed by atoms with van der Waals surface area (Å²) < 4.78 is 11.8. The topological polar surface area (TPSA) is 81.8 Å². The molecule has 3 N–H and O–H groups in total. The summed E-state index contributed by atoms with van der Waals surface area (Å²) in [4.78, 5) is 11.1. The molecular weight excluding hydrogens is 234 g/mol. The number of carboxylic acids is 1. The van der Waals surface area contributed by atoms with Gasteiger partial charge in [0, 0.05) is 6.42 Å². The van der Waals surface area contributed by atoms with E-state index in [0.717, 1.165) is 6.42 Å². The van der Waals surface area contributed by atoms with Gasteiger partial charge in [0.2, 0.25) is 0 Å². The summed E-state index contributed by atoms with van der Waals surface area (Å²) in [5, 5.41) is 9.12.